The van der Waals surface area contributed by atoms with Crippen LogP contribution in [0.4, 0.5) is 0 Å². The summed E-state index contributed by atoms with van der Waals surface area (Å²) in [6, 6.07) is 0. The molecule has 0 aromatic carbocycles. The molecule has 5 heteroatoms. The number of halogens is 3. The SMILES string of the molecule is CC1C=CCC(Br)C2CC(Cl)C(CC(C=CC=CBr)O1)O2. The van der Waals surface area contributed by atoms with E-state index in [0.29, 0.717) is 4.83 Å². The van der Waals surface area contributed by atoms with Crippen LogP contribution in [0.15, 0.2) is 35.4 Å². The zero-order valence-electron chi connectivity index (χ0n) is 12.0. The van der Waals surface area contributed by atoms with Gasteiger partial charge in [0, 0.05) is 11.2 Å². The Bertz CT molecular complexity index is 411. The van der Waals surface area contributed by atoms with E-state index in [1.807, 2.05) is 17.1 Å². The number of hydrogen-bond donors (Lipinski definition) is 0. The predicted octanol–water partition coefficient (Wildman–Crippen LogP) is 5.10. The smallest absolute Gasteiger partial charge is 0.0792 e. The Morgan fingerprint density at radius 2 is 2.00 bits per heavy atom. The lowest BCUT2D eigenvalue weighted by atomic mass is 10.0. The van der Waals surface area contributed by atoms with Gasteiger partial charge in [-0.1, -0.05) is 62.2 Å². The van der Waals surface area contributed by atoms with Crippen LogP contribution in [0.3, 0.4) is 0 Å². The van der Waals surface area contributed by atoms with Gasteiger partial charge in [-0.3, -0.25) is 0 Å². The Kier molecular flexibility index (Phi) is 7.50. The molecule has 2 nitrogen and oxygen atoms in total. The van der Waals surface area contributed by atoms with Gasteiger partial charge in [0.2, 0.25) is 0 Å². The van der Waals surface area contributed by atoms with Crippen molar-refractivity contribution in [2.45, 2.75) is 60.8 Å². The zero-order valence-corrected chi connectivity index (χ0v) is 15.9. The fourth-order valence-corrected chi connectivity index (χ4v) is 3.76. The molecule has 2 aliphatic heterocycles. The molecule has 6 unspecified atom stereocenters. The summed E-state index contributed by atoms with van der Waals surface area (Å²) in [5.74, 6) is 0. The summed E-state index contributed by atoms with van der Waals surface area (Å²) < 4.78 is 12.2. The number of allylic oxidation sites excluding steroid dienone is 3. The molecule has 0 radical (unpaired) electrons. The van der Waals surface area contributed by atoms with Gasteiger partial charge in [0.1, 0.15) is 0 Å². The molecule has 2 rings (SSSR count). The number of alkyl halides is 2. The fourth-order valence-electron chi connectivity index (χ4n) is 2.69. The Balaban J connectivity index is 2.12. The molecule has 0 aliphatic carbocycles. The number of ether oxygens (including phenoxy) is 2. The average Bonchev–Trinajstić information content (AvgIpc) is 2.78. The van der Waals surface area contributed by atoms with Gasteiger partial charge in [0.05, 0.1) is 29.8 Å². The highest BCUT2D eigenvalue weighted by Crippen LogP contribution is 2.34. The second-order valence-corrected chi connectivity index (χ2v) is 7.73. The monoisotopic (exact) mass is 438 g/mol. The summed E-state index contributed by atoms with van der Waals surface area (Å²) in [7, 11) is 0. The summed E-state index contributed by atoms with van der Waals surface area (Å²) >= 11 is 13.5. The Morgan fingerprint density at radius 3 is 2.76 bits per heavy atom. The molecule has 6 atom stereocenters. The first-order chi connectivity index (χ1) is 10.1. The minimum atomic E-state index is 0.00484. The number of rotatable bonds is 2. The highest BCUT2D eigenvalue weighted by Gasteiger charge is 2.38. The van der Waals surface area contributed by atoms with E-state index < -0.39 is 0 Å². The third-order valence-corrected chi connectivity index (χ3v) is 5.47. The van der Waals surface area contributed by atoms with Crippen LogP contribution in [0.1, 0.15) is 26.2 Å². The van der Waals surface area contributed by atoms with Crippen molar-refractivity contribution < 1.29 is 9.47 Å². The van der Waals surface area contributed by atoms with E-state index in [4.69, 9.17) is 21.1 Å². The van der Waals surface area contributed by atoms with Crippen LogP contribution in [0.5, 0.6) is 0 Å². The van der Waals surface area contributed by atoms with E-state index in [2.05, 4.69) is 57.0 Å². The lowest BCUT2D eigenvalue weighted by molar-refractivity contribution is -0.00962. The van der Waals surface area contributed by atoms with Crippen molar-refractivity contribution in [2.24, 2.45) is 0 Å². The van der Waals surface area contributed by atoms with Gasteiger partial charge in [0.25, 0.3) is 0 Å². The first-order valence-electron chi connectivity index (χ1n) is 7.29. The second-order valence-electron chi connectivity index (χ2n) is 5.46. The van der Waals surface area contributed by atoms with Crippen LogP contribution in [-0.2, 0) is 9.47 Å². The first kappa shape index (κ1) is 17.7. The van der Waals surface area contributed by atoms with Crippen molar-refractivity contribution in [2.75, 3.05) is 0 Å². The van der Waals surface area contributed by atoms with Crippen molar-refractivity contribution >= 4 is 43.5 Å². The summed E-state index contributed by atoms with van der Waals surface area (Å²) in [5, 5.41) is 0.0555. The maximum absolute atomic E-state index is 6.47. The minimum absolute atomic E-state index is 0.00484. The maximum Gasteiger partial charge on any atom is 0.0792 e. The normalized spacial score (nSPS) is 41.7. The van der Waals surface area contributed by atoms with Gasteiger partial charge in [0.15, 0.2) is 0 Å². The second kappa shape index (κ2) is 8.88. The topological polar surface area (TPSA) is 18.5 Å². The van der Waals surface area contributed by atoms with Crippen LogP contribution in [0.2, 0.25) is 0 Å². The van der Waals surface area contributed by atoms with Crippen LogP contribution < -0.4 is 0 Å². The molecular weight excluding hydrogens is 419 g/mol. The van der Waals surface area contributed by atoms with Crippen molar-refractivity contribution in [1.82, 2.24) is 0 Å². The highest BCUT2D eigenvalue weighted by molar-refractivity contribution is 9.11. The number of hydrogen-bond acceptors (Lipinski definition) is 2. The van der Waals surface area contributed by atoms with Gasteiger partial charge in [-0.05, 0) is 24.8 Å². The summed E-state index contributed by atoms with van der Waals surface area (Å²) in [6.07, 6.45) is 13.2. The van der Waals surface area contributed by atoms with Crippen molar-refractivity contribution in [3.8, 4) is 0 Å². The Morgan fingerprint density at radius 1 is 1.19 bits per heavy atom. The molecule has 0 spiro atoms. The van der Waals surface area contributed by atoms with E-state index in [-0.39, 0.29) is 29.8 Å². The van der Waals surface area contributed by atoms with Gasteiger partial charge in [-0.25, -0.2) is 0 Å². The third kappa shape index (κ3) is 5.51. The molecule has 118 valence electrons. The summed E-state index contributed by atoms with van der Waals surface area (Å²) in [6.45, 7) is 2.07. The average molecular weight is 441 g/mol. The molecule has 1 fully saturated rings. The molecule has 2 heterocycles. The molecule has 2 aliphatic rings. The molecule has 21 heavy (non-hydrogen) atoms. The molecular formula is C16H21Br2ClO2. The van der Waals surface area contributed by atoms with Crippen LogP contribution in [0.25, 0.3) is 0 Å². The standard InChI is InChI=1S/C16H21Br2ClO2/c1-11-5-4-7-13(18)15-10-14(19)16(21-15)9-12(20-11)6-2-3-8-17/h2-6,8,11-16H,7,9-10H2,1H3. The third-order valence-electron chi connectivity index (χ3n) is 3.75. The van der Waals surface area contributed by atoms with Gasteiger partial charge in [-0.15, -0.1) is 11.6 Å². The lowest BCUT2D eigenvalue weighted by Gasteiger charge is -2.22. The van der Waals surface area contributed by atoms with E-state index in [1.165, 1.54) is 0 Å². The first-order valence-corrected chi connectivity index (χ1v) is 9.56. The van der Waals surface area contributed by atoms with Crippen LogP contribution in [-0.4, -0.2) is 34.6 Å². The summed E-state index contributed by atoms with van der Waals surface area (Å²) in [4.78, 5) is 2.13. The van der Waals surface area contributed by atoms with E-state index in [1.54, 1.807) is 0 Å². The molecule has 2 bridgehead atoms. The maximum atomic E-state index is 6.47. The highest BCUT2D eigenvalue weighted by atomic mass is 79.9. The largest absolute Gasteiger partial charge is 0.372 e. The van der Waals surface area contributed by atoms with E-state index in [9.17, 15) is 0 Å². The minimum Gasteiger partial charge on any atom is -0.372 e. The van der Waals surface area contributed by atoms with E-state index in [0.717, 1.165) is 19.3 Å². The van der Waals surface area contributed by atoms with Gasteiger partial charge >= 0.3 is 0 Å². The van der Waals surface area contributed by atoms with Gasteiger partial charge < -0.3 is 9.47 Å². The molecule has 0 aromatic heterocycles. The lowest BCUT2D eigenvalue weighted by Crippen LogP contribution is -2.27. The Labute approximate surface area is 148 Å². The van der Waals surface area contributed by atoms with Crippen LogP contribution in [0, 0.1) is 0 Å². The molecule has 0 saturated carbocycles. The van der Waals surface area contributed by atoms with E-state index >= 15 is 0 Å². The Hall–Kier alpha value is 0.390. The fraction of sp³-hybridized carbons (Fsp3) is 0.625. The molecule has 1 saturated heterocycles. The van der Waals surface area contributed by atoms with Crippen molar-refractivity contribution in [1.29, 1.82) is 0 Å². The van der Waals surface area contributed by atoms with Crippen LogP contribution >= 0.6 is 43.5 Å². The van der Waals surface area contributed by atoms with Gasteiger partial charge in [-0.2, -0.15) is 0 Å². The van der Waals surface area contributed by atoms with Crippen molar-refractivity contribution in [3.63, 3.8) is 0 Å². The molecule has 0 amide bonds. The molecule has 0 N–H and O–H groups in total. The zero-order chi connectivity index (χ0) is 15.2. The number of fused-ring (bicyclic) bond motifs is 2. The molecule has 0 aromatic rings. The van der Waals surface area contributed by atoms with Crippen molar-refractivity contribution in [3.05, 3.63) is 35.4 Å². The quantitative estimate of drug-likeness (QED) is 0.338. The predicted molar refractivity (Wildman–Crippen MR) is 95.6 cm³/mol. The summed E-state index contributed by atoms with van der Waals surface area (Å²) in [5.41, 5.74) is 0.